The zero-order chi connectivity index (χ0) is 10.7. The summed E-state index contributed by atoms with van der Waals surface area (Å²) in [5.74, 6) is -1.54. The average molecular weight is 371 g/mol. The first-order valence-corrected chi connectivity index (χ1v) is 5.43. The van der Waals surface area contributed by atoms with Gasteiger partial charge in [0.2, 0.25) is 0 Å². The van der Waals surface area contributed by atoms with Crippen LogP contribution in [0.1, 0.15) is 5.56 Å². The Balaban J connectivity index is 3.15. The van der Waals surface area contributed by atoms with Crippen LogP contribution in [0.3, 0.4) is 0 Å². The Bertz CT molecular complexity index is 381. The molecule has 5 heteroatoms. The SMILES string of the molecule is O=C(O)/C=C/c1c(F)cc(Br)cc1I. The largest absolute Gasteiger partial charge is 0.478 e. The van der Waals surface area contributed by atoms with Crippen LogP contribution in [0.4, 0.5) is 4.39 Å². The van der Waals surface area contributed by atoms with E-state index >= 15 is 0 Å². The van der Waals surface area contributed by atoms with Crippen LogP contribution < -0.4 is 0 Å². The van der Waals surface area contributed by atoms with Crippen LogP contribution in [0, 0.1) is 9.39 Å². The lowest BCUT2D eigenvalue weighted by molar-refractivity contribution is -0.131. The lowest BCUT2D eigenvalue weighted by atomic mass is 10.2. The van der Waals surface area contributed by atoms with Gasteiger partial charge in [-0.15, -0.1) is 0 Å². The zero-order valence-corrected chi connectivity index (χ0v) is 10.5. The van der Waals surface area contributed by atoms with E-state index in [4.69, 9.17) is 5.11 Å². The van der Waals surface area contributed by atoms with Crippen LogP contribution >= 0.6 is 38.5 Å². The Morgan fingerprint density at radius 2 is 2.21 bits per heavy atom. The number of halogens is 3. The van der Waals surface area contributed by atoms with Crippen LogP contribution in [0.5, 0.6) is 0 Å². The molecule has 0 saturated carbocycles. The molecule has 0 unspecified atom stereocenters. The summed E-state index contributed by atoms with van der Waals surface area (Å²) in [7, 11) is 0. The number of rotatable bonds is 2. The van der Waals surface area contributed by atoms with E-state index in [0.717, 1.165) is 6.08 Å². The van der Waals surface area contributed by atoms with E-state index in [1.165, 1.54) is 12.1 Å². The summed E-state index contributed by atoms with van der Waals surface area (Å²) < 4.78 is 14.6. The number of carboxylic acids is 1. The van der Waals surface area contributed by atoms with Crippen LogP contribution in [0.25, 0.3) is 6.08 Å². The first kappa shape index (κ1) is 11.6. The Morgan fingerprint density at radius 1 is 1.57 bits per heavy atom. The third-order valence-electron chi connectivity index (χ3n) is 1.44. The van der Waals surface area contributed by atoms with E-state index in [1.54, 1.807) is 6.07 Å². The molecule has 74 valence electrons. The first-order valence-electron chi connectivity index (χ1n) is 3.56. The maximum absolute atomic E-state index is 13.3. The Kier molecular flexibility index (Phi) is 4.06. The second-order valence-corrected chi connectivity index (χ2v) is 4.53. The van der Waals surface area contributed by atoms with Gasteiger partial charge < -0.3 is 5.11 Å². The molecule has 1 aromatic rings. The van der Waals surface area contributed by atoms with Gasteiger partial charge in [0, 0.05) is 19.7 Å². The minimum absolute atomic E-state index is 0.288. The minimum Gasteiger partial charge on any atom is -0.478 e. The zero-order valence-electron chi connectivity index (χ0n) is 6.80. The number of carbonyl (C=O) groups is 1. The van der Waals surface area contributed by atoms with Crippen molar-refractivity contribution in [2.45, 2.75) is 0 Å². The Hall–Kier alpha value is -0.430. The summed E-state index contributed by atoms with van der Waals surface area (Å²) in [4.78, 5) is 10.2. The monoisotopic (exact) mass is 370 g/mol. The third-order valence-corrected chi connectivity index (χ3v) is 2.79. The van der Waals surface area contributed by atoms with Crippen molar-refractivity contribution in [3.8, 4) is 0 Å². The van der Waals surface area contributed by atoms with Crippen LogP contribution in [-0.4, -0.2) is 11.1 Å². The highest BCUT2D eigenvalue weighted by atomic mass is 127. The summed E-state index contributed by atoms with van der Waals surface area (Å²) in [5, 5.41) is 8.39. The highest BCUT2D eigenvalue weighted by molar-refractivity contribution is 14.1. The second-order valence-electron chi connectivity index (χ2n) is 2.45. The van der Waals surface area contributed by atoms with Crippen molar-refractivity contribution in [2.24, 2.45) is 0 Å². The van der Waals surface area contributed by atoms with E-state index in [0.29, 0.717) is 8.04 Å². The van der Waals surface area contributed by atoms with Crippen LogP contribution in [0.15, 0.2) is 22.7 Å². The maximum Gasteiger partial charge on any atom is 0.328 e. The predicted molar refractivity (Wildman–Crippen MR) is 63.5 cm³/mol. The molecule has 0 aromatic heterocycles. The fourth-order valence-electron chi connectivity index (χ4n) is 0.867. The smallest absolute Gasteiger partial charge is 0.328 e. The van der Waals surface area contributed by atoms with Gasteiger partial charge in [-0.3, -0.25) is 0 Å². The van der Waals surface area contributed by atoms with Crippen molar-refractivity contribution in [2.75, 3.05) is 0 Å². The van der Waals surface area contributed by atoms with Gasteiger partial charge in [-0.1, -0.05) is 15.9 Å². The van der Waals surface area contributed by atoms with Crippen molar-refractivity contribution in [3.05, 3.63) is 37.6 Å². The number of benzene rings is 1. The van der Waals surface area contributed by atoms with Gasteiger partial charge in [0.15, 0.2) is 0 Å². The van der Waals surface area contributed by atoms with Crippen molar-refractivity contribution in [1.82, 2.24) is 0 Å². The molecule has 0 aliphatic rings. The summed E-state index contributed by atoms with van der Waals surface area (Å²) in [6.45, 7) is 0. The normalized spacial score (nSPS) is 10.8. The van der Waals surface area contributed by atoms with Gasteiger partial charge in [0.05, 0.1) is 0 Å². The van der Waals surface area contributed by atoms with E-state index < -0.39 is 11.8 Å². The first-order chi connectivity index (χ1) is 6.50. The highest BCUT2D eigenvalue weighted by Crippen LogP contribution is 2.23. The summed E-state index contributed by atoms with van der Waals surface area (Å²) >= 11 is 5.09. The quantitative estimate of drug-likeness (QED) is 0.640. The fraction of sp³-hybridized carbons (Fsp3) is 0. The van der Waals surface area contributed by atoms with Crippen molar-refractivity contribution < 1.29 is 14.3 Å². The van der Waals surface area contributed by atoms with Crippen molar-refractivity contribution >= 4 is 50.6 Å². The van der Waals surface area contributed by atoms with Crippen LogP contribution in [-0.2, 0) is 4.79 Å². The van der Waals surface area contributed by atoms with Gasteiger partial charge in [0.25, 0.3) is 0 Å². The van der Waals surface area contributed by atoms with Gasteiger partial charge >= 0.3 is 5.97 Å². The van der Waals surface area contributed by atoms with E-state index in [-0.39, 0.29) is 5.56 Å². The molecule has 1 N–H and O–H groups in total. The Labute approximate surface area is 102 Å². The van der Waals surface area contributed by atoms with E-state index in [1.807, 2.05) is 22.6 Å². The van der Waals surface area contributed by atoms with E-state index in [9.17, 15) is 9.18 Å². The molecule has 0 fully saturated rings. The molecule has 0 atom stereocenters. The van der Waals surface area contributed by atoms with Gasteiger partial charge in [-0.05, 0) is 40.8 Å². The molecule has 0 amide bonds. The Morgan fingerprint density at radius 3 is 2.71 bits per heavy atom. The van der Waals surface area contributed by atoms with Crippen LogP contribution in [0.2, 0.25) is 0 Å². The summed E-state index contributed by atoms with van der Waals surface area (Å²) in [6, 6.07) is 3.01. The fourth-order valence-corrected chi connectivity index (χ4v) is 2.50. The molecule has 14 heavy (non-hydrogen) atoms. The molecule has 0 saturated heterocycles. The molecule has 1 rings (SSSR count). The molecule has 0 aliphatic carbocycles. The molecule has 0 spiro atoms. The summed E-state index contributed by atoms with van der Waals surface area (Å²) in [6.07, 6.45) is 2.15. The second kappa shape index (κ2) is 4.88. The molecular formula is C9H5BrFIO2. The molecule has 0 heterocycles. The molecular weight excluding hydrogens is 366 g/mol. The molecule has 0 aliphatic heterocycles. The van der Waals surface area contributed by atoms with Crippen molar-refractivity contribution in [3.63, 3.8) is 0 Å². The van der Waals surface area contributed by atoms with Gasteiger partial charge in [-0.25, -0.2) is 9.18 Å². The maximum atomic E-state index is 13.3. The lowest BCUT2D eigenvalue weighted by Crippen LogP contribution is -1.90. The lowest BCUT2D eigenvalue weighted by Gasteiger charge is -2.01. The number of hydrogen-bond donors (Lipinski definition) is 1. The molecule has 0 bridgehead atoms. The number of carboxylic acid groups (broad SMARTS) is 1. The third kappa shape index (κ3) is 3.06. The molecule has 1 aromatic carbocycles. The highest BCUT2D eigenvalue weighted by Gasteiger charge is 2.05. The minimum atomic E-state index is -1.09. The molecule has 0 radical (unpaired) electrons. The summed E-state index contributed by atoms with van der Waals surface area (Å²) in [5.41, 5.74) is 0.288. The average Bonchev–Trinajstić information content (AvgIpc) is 2.01. The van der Waals surface area contributed by atoms with Gasteiger partial charge in [-0.2, -0.15) is 0 Å². The number of aliphatic carboxylic acids is 1. The number of hydrogen-bond acceptors (Lipinski definition) is 1. The van der Waals surface area contributed by atoms with Gasteiger partial charge in [0.1, 0.15) is 5.82 Å². The van der Waals surface area contributed by atoms with Crippen molar-refractivity contribution in [1.29, 1.82) is 0 Å². The molecule has 2 nitrogen and oxygen atoms in total. The topological polar surface area (TPSA) is 37.3 Å². The van der Waals surface area contributed by atoms with E-state index in [2.05, 4.69) is 15.9 Å². The predicted octanol–water partition coefficient (Wildman–Crippen LogP) is 3.29. The standard InChI is InChI=1S/C9H5BrFIO2/c10-5-3-7(11)6(8(12)4-5)1-2-9(13)14/h1-4H,(H,13,14)/b2-1+.